The molecule has 0 aromatic heterocycles. The van der Waals surface area contributed by atoms with Crippen molar-refractivity contribution in [1.29, 1.82) is 0 Å². The molecule has 1 rings (SSSR count). The Balaban J connectivity index is 3.09. The van der Waals surface area contributed by atoms with Crippen LogP contribution in [-0.4, -0.2) is 15.9 Å². The van der Waals surface area contributed by atoms with E-state index in [-0.39, 0.29) is 4.90 Å². The quantitative estimate of drug-likeness (QED) is 0.717. The Kier molecular flexibility index (Phi) is 2.66. The van der Waals surface area contributed by atoms with E-state index >= 15 is 0 Å². The molecule has 1 unspecified atom stereocenters. The van der Waals surface area contributed by atoms with Gasteiger partial charge in [0.15, 0.2) is 0 Å². The predicted octanol–water partition coefficient (Wildman–Crippen LogP) is 0.931. The smallest absolute Gasteiger partial charge is 0.118 e. The molecule has 0 saturated carbocycles. The van der Waals surface area contributed by atoms with E-state index in [4.69, 9.17) is 4.74 Å². The largest absolute Gasteiger partial charge is 0.766 e. The van der Waals surface area contributed by atoms with Crippen LogP contribution in [0.4, 0.5) is 0 Å². The van der Waals surface area contributed by atoms with Crippen LogP contribution in [0.3, 0.4) is 0 Å². The molecule has 0 aliphatic carbocycles. The fraction of sp³-hybridized carbons (Fsp3) is 0.143. The van der Waals surface area contributed by atoms with Gasteiger partial charge in [0.1, 0.15) is 5.75 Å². The summed E-state index contributed by atoms with van der Waals surface area (Å²) >= 11 is 4.26. The molecule has 1 atom stereocenters. The molecule has 0 N–H and O–H groups in total. The van der Waals surface area contributed by atoms with Gasteiger partial charge in [-0.2, -0.15) is 0 Å². The zero-order valence-corrected chi connectivity index (χ0v) is 7.98. The van der Waals surface area contributed by atoms with Gasteiger partial charge in [0.05, 0.1) is 7.11 Å². The highest BCUT2D eigenvalue weighted by molar-refractivity contribution is 8.29. The Labute approximate surface area is 75.9 Å². The van der Waals surface area contributed by atoms with Crippen LogP contribution >= 0.6 is 0 Å². The molecular weight excluding hydrogens is 196 g/mol. The molecule has 0 saturated heterocycles. The zero-order chi connectivity index (χ0) is 9.19. The van der Waals surface area contributed by atoms with Crippen molar-refractivity contribution in [3.8, 4) is 5.75 Å². The van der Waals surface area contributed by atoms with E-state index in [1.54, 1.807) is 12.1 Å². The molecule has 0 bridgehead atoms. The lowest BCUT2D eigenvalue weighted by molar-refractivity contribution is 0.414. The minimum atomic E-state index is -3.50. The third kappa shape index (κ3) is 2.17. The molecule has 0 aliphatic heterocycles. The van der Waals surface area contributed by atoms with Crippen LogP contribution in [0.5, 0.6) is 5.75 Å². The minimum absolute atomic E-state index is 0.123. The number of hydrogen-bond acceptors (Lipinski definition) is 4. The molecule has 5 heteroatoms. The average molecular weight is 203 g/mol. The fourth-order valence-corrected chi connectivity index (χ4v) is 1.55. The van der Waals surface area contributed by atoms with Gasteiger partial charge in [-0.1, -0.05) is 0 Å². The molecule has 0 spiro atoms. The van der Waals surface area contributed by atoms with E-state index in [9.17, 15) is 8.76 Å². The normalized spacial score (nSPS) is 15.2. The summed E-state index contributed by atoms with van der Waals surface area (Å²) in [6.07, 6.45) is 0. The Morgan fingerprint density at radius 2 is 1.92 bits per heavy atom. The van der Waals surface area contributed by atoms with Crippen molar-refractivity contribution >= 4 is 20.0 Å². The average Bonchev–Trinajstić information content (AvgIpc) is 2.03. The van der Waals surface area contributed by atoms with Crippen molar-refractivity contribution in [2.75, 3.05) is 7.11 Å². The summed E-state index contributed by atoms with van der Waals surface area (Å²) < 4.78 is 26.5. The lowest BCUT2D eigenvalue weighted by Crippen LogP contribution is -1.96. The monoisotopic (exact) mass is 203 g/mol. The van der Waals surface area contributed by atoms with E-state index in [0.29, 0.717) is 5.75 Å². The van der Waals surface area contributed by atoms with Crippen LogP contribution < -0.4 is 4.74 Å². The van der Waals surface area contributed by atoms with E-state index in [0.717, 1.165) is 0 Å². The van der Waals surface area contributed by atoms with Crippen LogP contribution in [0.25, 0.3) is 0 Å². The van der Waals surface area contributed by atoms with Gasteiger partial charge in [-0.05, 0) is 44.2 Å². The third-order valence-electron chi connectivity index (χ3n) is 1.35. The summed E-state index contributed by atoms with van der Waals surface area (Å²) in [5.41, 5.74) is 0. The van der Waals surface area contributed by atoms with Gasteiger partial charge in [0, 0.05) is 4.90 Å². The number of hydrogen-bond donors (Lipinski definition) is 0. The van der Waals surface area contributed by atoms with Crippen molar-refractivity contribution in [2.24, 2.45) is 0 Å². The molecule has 1 aromatic carbocycles. The second-order valence-electron chi connectivity index (χ2n) is 2.13. The molecule has 3 nitrogen and oxygen atoms in total. The van der Waals surface area contributed by atoms with Crippen LogP contribution in [0.2, 0.25) is 0 Å². The van der Waals surface area contributed by atoms with E-state index in [1.807, 2.05) is 0 Å². The maximum atomic E-state index is 10.8. The zero-order valence-electron chi connectivity index (χ0n) is 6.35. The standard InChI is InChI=1S/C7H8O3S2/c1-10-6-2-4-7(5-3-6)12(8,9)11/h2-5H,1H3,(H,8,9,11)/p-1. The van der Waals surface area contributed by atoms with Crippen molar-refractivity contribution in [3.05, 3.63) is 24.3 Å². The Bertz CT molecular complexity index is 353. The second-order valence-corrected chi connectivity index (χ2v) is 4.83. The Morgan fingerprint density at radius 3 is 2.25 bits per heavy atom. The highest BCUT2D eigenvalue weighted by Crippen LogP contribution is 2.14. The first-order chi connectivity index (χ1) is 5.54. The SMILES string of the molecule is COc1ccc(S(=O)([O-])=S)cc1. The summed E-state index contributed by atoms with van der Waals surface area (Å²) in [6, 6.07) is 5.95. The number of benzene rings is 1. The summed E-state index contributed by atoms with van der Waals surface area (Å²) in [5, 5.41) is 0. The molecule has 0 amide bonds. The van der Waals surface area contributed by atoms with Gasteiger partial charge in [0.25, 0.3) is 0 Å². The number of methoxy groups -OCH3 is 1. The van der Waals surface area contributed by atoms with Gasteiger partial charge < -0.3 is 9.29 Å². The predicted molar refractivity (Wildman–Crippen MR) is 47.5 cm³/mol. The van der Waals surface area contributed by atoms with Gasteiger partial charge in [-0.25, -0.2) is 0 Å². The van der Waals surface area contributed by atoms with E-state index in [2.05, 4.69) is 11.2 Å². The summed E-state index contributed by atoms with van der Waals surface area (Å²) in [4.78, 5) is 0.123. The van der Waals surface area contributed by atoms with Gasteiger partial charge >= 0.3 is 0 Å². The van der Waals surface area contributed by atoms with E-state index in [1.165, 1.54) is 19.2 Å². The van der Waals surface area contributed by atoms with Crippen molar-refractivity contribution < 1.29 is 13.5 Å². The van der Waals surface area contributed by atoms with E-state index < -0.39 is 8.77 Å². The molecule has 0 heterocycles. The first kappa shape index (κ1) is 9.44. The van der Waals surface area contributed by atoms with Crippen molar-refractivity contribution in [3.63, 3.8) is 0 Å². The van der Waals surface area contributed by atoms with Crippen LogP contribution in [-0.2, 0) is 20.0 Å². The lowest BCUT2D eigenvalue weighted by atomic mass is 10.3. The fourth-order valence-electron chi connectivity index (χ4n) is 0.742. The van der Waals surface area contributed by atoms with Crippen LogP contribution in [0, 0.1) is 0 Å². The molecule has 0 radical (unpaired) electrons. The second kappa shape index (κ2) is 3.38. The van der Waals surface area contributed by atoms with Gasteiger partial charge in [-0.3, -0.25) is 4.21 Å². The highest BCUT2D eigenvalue weighted by atomic mass is 32.8. The summed E-state index contributed by atoms with van der Waals surface area (Å²) in [6.45, 7) is 0. The van der Waals surface area contributed by atoms with Gasteiger partial charge in [0.2, 0.25) is 0 Å². The Morgan fingerprint density at radius 1 is 1.42 bits per heavy atom. The lowest BCUT2D eigenvalue weighted by Gasteiger charge is -2.10. The van der Waals surface area contributed by atoms with Crippen molar-refractivity contribution in [1.82, 2.24) is 0 Å². The third-order valence-corrected chi connectivity index (χ3v) is 2.77. The molecule has 66 valence electrons. The molecule has 1 aromatic rings. The molecule has 12 heavy (non-hydrogen) atoms. The minimum Gasteiger partial charge on any atom is -0.766 e. The molecular formula is C7H7O3S2-. The first-order valence-electron chi connectivity index (χ1n) is 3.14. The summed E-state index contributed by atoms with van der Waals surface area (Å²) in [7, 11) is -1.99. The topological polar surface area (TPSA) is 49.4 Å². The first-order valence-corrected chi connectivity index (χ1v) is 5.55. The Hall–Kier alpha value is -0.650. The van der Waals surface area contributed by atoms with Crippen LogP contribution in [0.1, 0.15) is 0 Å². The number of rotatable bonds is 2. The van der Waals surface area contributed by atoms with Gasteiger partial charge in [-0.15, -0.1) is 0 Å². The number of ether oxygens (including phenoxy) is 1. The maximum absolute atomic E-state index is 10.8. The molecule has 0 fully saturated rings. The van der Waals surface area contributed by atoms with Crippen molar-refractivity contribution in [2.45, 2.75) is 4.90 Å². The van der Waals surface area contributed by atoms with Crippen LogP contribution in [0.15, 0.2) is 29.2 Å². The highest BCUT2D eigenvalue weighted by Gasteiger charge is 1.96. The summed E-state index contributed by atoms with van der Waals surface area (Å²) in [5.74, 6) is 0.609. The molecule has 0 aliphatic rings. The maximum Gasteiger partial charge on any atom is 0.118 e.